The van der Waals surface area contributed by atoms with Crippen LogP contribution in [-0.2, 0) is 24.5 Å². The van der Waals surface area contributed by atoms with Gasteiger partial charge < -0.3 is 0 Å². The van der Waals surface area contributed by atoms with Crippen LogP contribution in [0.1, 0.15) is 45.6 Å². The molecule has 1 aromatic carbocycles. The summed E-state index contributed by atoms with van der Waals surface area (Å²) in [5, 5.41) is 12.0. The number of halogens is 2. The van der Waals surface area contributed by atoms with Gasteiger partial charge in [-0.2, -0.15) is 9.13 Å². The Labute approximate surface area is 203 Å². The SMILES string of the molecule is CCC1(C)c2cc(F)cc(F)c2-c2cccc[n+]2C1(CC)CC[n+]1ccccc1-c1nnnn1C. The zero-order chi connectivity index (χ0) is 24.8. The highest BCUT2D eigenvalue weighted by Crippen LogP contribution is 2.52. The number of rotatable bonds is 6. The highest BCUT2D eigenvalue weighted by molar-refractivity contribution is 5.66. The lowest BCUT2D eigenvalue weighted by Gasteiger charge is -2.47. The molecule has 8 heteroatoms. The maximum atomic E-state index is 15.3. The summed E-state index contributed by atoms with van der Waals surface area (Å²) in [7, 11) is 1.82. The van der Waals surface area contributed by atoms with Crippen molar-refractivity contribution in [2.75, 3.05) is 0 Å². The molecule has 5 rings (SSSR count). The number of nitrogens with zero attached hydrogens (tertiary/aromatic N) is 6. The fourth-order valence-electron chi connectivity index (χ4n) is 6.08. The van der Waals surface area contributed by atoms with Crippen molar-refractivity contribution in [1.29, 1.82) is 0 Å². The van der Waals surface area contributed by atoms with Gasteiger partial charge in [0.15, 0.2) is 24.5 Å². The van der Waals surface area contributed by atoms with E-state index in [-0.39, 0.29) is 0 Å². The van der Waals surface area contributed by atoms with E-state index in [1.165, 1.54) is 6.07 Å². The Balaban J connectivity index is 1.68. The van der Waals surface area contributed by atoms with Crippen molar-refractivity contribution >= 4 is 0 Å². The molecule has 0 bridgehead atoms. The van der Waals surface area contributed by atoms with Crippen LogP contribution in [0.5, 0.6) is 0 Å². The van der Waals surface area contributed by atoms with Gasteiger partial charge in [0.1, 0.15) is 11.6 Å². The molecule has 2 atom stereocenters. The first-order chi connectivity index (χ1) is 16.9. The molecule has 3 aromatic heterocycles. The number of pyridine rings is 2. The van der Waals surface area contributed by atoms with Gasteiger partial charge in [-0.15, -0.1) is 5.10 Å². The standard InChI is InChI=1S/C27H30F2N6/c1-5-26(3)20-17-19(28)18-21(29)24(20)22-11-8-10-15-35(22)27(26,6-2)13-16-34-14-9-7-12-23(34)25-30-31-32-33(25)4/h7-12,14-15,17-18H,5-6,13,16H2,1-4H3/q+2. The van der Waals surface area contributed by atoms with Gasteiger partial charge in [0, 0.05) is 43.8 Å². The zero-order valence-corrected chi connectivity index (χ0v) is 20.5. The molecule has 0 radical (unpaired) electrons. The summed E-state index contributed by atoms with van der Waals surface area (Å²) >= 11 is 0. The monoisotopic (exact) mass is 476 g/mol. The van der Waals surface area contributed by atoms with E-state index in [2.05, 4.69) is 45.4 Å². The number of hydrogen-bond donors (Lipinski definition) is 0. The molecule has 0 amide bonds. The second-order valence-corrected chi connectivity index (χ2v) is 9.49. The first-order valence-electron chi connectivity index (χ1n) is 12.1. The molecule has 1 aliphatic rings. The second kappa shape index (κ2) is 8.59. The van der Waals surface area contributed by atoms with Crippen molar-refractivity contribution in [2.24, 2.45) is 7.05 Å². The fraction of sp³-hybridized carbons (Fsp3) is 0.370. The van der Waals surface area contributed by atoms with Crippen molar-refractivity contribution in [3.8, 4) is 22.8 Å². The molecule has 0 saturated carbocycles. The van der Waals surface area contributed by atoms with Crippen molar-refractivity contribution in [1.82, 2.24) is 20.2 Å². The fourth-order valence-corrected chi connectivity index (χ4v) is 6.08. The molecule has 0 spiro atoms. The Morgan fingerprint density at radius 2 is 1.71 bits per heavy atom. The molecule has 1 aliphatic heterocycles. The molecule has 35 heavy (non-hydrogen) atoms. The van der Waals surface area contributed by atoms with Crippen LogP contribution in [0, 0.1) is 11.6 Å². The van der Waals surface area contributed by atoms with Crippen LogP contribution in [0.3, 0.4) is 0 Å². The molecular formula is C27H30F2N6+2. The van der Waals surface area contributed by atoms with E-state index < -0.39 is 22.6 Å². The number of aromatic nitrogens is 6. The van der Waals surface area contributed by atoms with Gasteiger partial charge in [-0.25, -0.2) is 13.5 Å². The molecule has 2 unspecified atom stereocenters. The maximum Gasteiger partial charge on any atom is 0.252 e. The van der Waals surface area contributed by atoms with Gasteiger partial charge in [0.2, 0.25) is 11.5 Å². The molecular weight excluding hydrogens is 446 g/mol. The van der Waals surface area contributed by atoms with Gasteiger partial charge in [-0.05, 0) is 47.5 Å². The lowest BCUT2D eigenvalue weighted by molar-refractivity contribution is -0.782. The Morgan fingerprint density at radius 3 is 2.40 bits per heavy atom. The van der Waals surface area contributed by atoms with E-state index in [1.807, 2.05) is 55.8 Å². The van der Waals surface area contributed by atoms with Crippen LogP contribution < -0.4 is 9.13 Å². The summed E-state index contributed by atoms with van der Waals surface area (Å²) in [4.78, 5) is 0. The van der Waals surface area contributed by atoms with E-state index in [1.54, 1.807) is 4.68 Å². The largest absolute Gasteiger partial charge is 0.252 e. The third-order valence-electron chi connectivity index (χ3n) is 8.10. The van der Waals surface area contributed by atoms with Crippen LogP contribution >= 0.6 is 0 Å². The molecule has 0 saturated heterocycles. The van der Waals surface area contributed by atoms with Crippen molar-refractivity contribution < 1.29 is 17.9 Å². The molecule has 4 heterocycles. The first-order valence-corrected chi connectivity index (χ1v) is 12.1. The van der Waals surface area contributed by atoms with Crippen LogP contribution in [0.25, 0.3) is 22.8 Å². The smallest absolute Gasteiger partial charge is 0.223 e. The van der Waals surface area contributed by atoms with Gasteiger partial charge >= 0.3 is 0 Å². The summed E-state index contributed by atoms with van der Waals surface area (Å²) in [6.07, 6.45) is 6.35. The highest BCUT2D eigenvalue weighted by Gasteiger charge is 2.60. The average Bonchev–Trinajstić information content (AvgIpc) is 3.29. The maximum absolute atomic E-state index is 15.3. The quantitative estimate of drug-likeness (QED) is 0.391. The third-order valence-corrected chi connectivity index (χ3v) is 8.10. The van der Waals surface area contributed by atoms with Crippen LogP contribution in [-0.4, -0.2) is 20.2 Å². The number of fused-ring (bicyclic) bond motifs is 3. The van der Waals surface area contributed by atoms with Gasteiger partial charge in [-0.1, -0.05) is 13.8 Å². The normalized spacial score (nSPS) is 21.0. The molecule has 6 nitrogen and oxygen atoms in total. The van der Waals surface area contributed by atoms with Crippen molar-refractivity contribution in [3.63, 3.8) is 0 Å². The third kappa shape index (κ3) is 3.38. The van der Waals surface area contributed by atoms with Crippen LogP contribution in [0.4, 0.5) is 8.78 Å². The number of aryl methyl sites for hydroxylation is 2. The molecule has 0 N–H and O–H groups in total. The number of benzene rings is 1. The number of tetrazole rings is 1. The first kappa shape index (κ1) is 23.2. The minimum atomic E-state index is -0.537. The second-order valence-electron chi connectivity index (χ2n) is 9.49. The zero-order valence-electron chi connectivity index (χ0n) is 20.5. The topological polar surface area (TPSA) is 51.4 Å². The van der Waals surface area contributed by atoms with Gasteiger partial charge in [-0.3, -0.25) is 0 Å². The van der Waals surface area contributed by atoms with E-state index in [0.29, 0.717) is 17.9 Å². The van der Waals surface area contributed by atoms with Gasteiger partial charge in [0.05, 0.1) is 17.4 Å². The molecule has 0 fully saturated rings. The lowest BCUT2D eigenvalue weighted by Crippen LogP contribution is -2.70. The average molecular weight is 477 g/mol. The molecule has 4 aromatic rings. The van der Waals surface area contributed by atoms with Crippen LogP contribution in [0.2, 0.25) is 0 Å². The summed E-state index contributed by atoms with van der Waals surface area (Å²) in [6, 6.07) is 14.3. The molecule has 180 valence electrons. The Kier molecular flexibility index (Phi) is 5.69. The van der Waals surface area contributed by atoms with Crippen molar-refractivity contribution in [3.05, 3.63) is 78.1 Å². The van der Waals surface area contributed by atoms with E-state index in [0.717, 1.165) is 42.3 Å². The summed E-state index contributed by atoms with van der Waals surface area (Å²) < 4.78 is 35.9. The summed E-state index contributed by atoms with van der Waals surface area (Å²) in [5.74, 6) is -0.371. The predicted molar refractivity (Wildman–Crippen MR) is 127 cm³/mol. The Hall–Kier alpha value is -3.55. The van der Waals surface area contributed by atoms with E-state index in [9.17, 15) is 4.39 Å². The lowest BCUT2D eigenvalue weighted by atomic mass is 9.58. The van der Waals surface area contributed by atoms with E-state index >= 15 is 4.39 Å². The summed E-state index contributed by atoms with van der Waals surface area (Å²) in [6.45, 7) is 7.11. The van der Waals surface area contributed by atoms with Gasteiger partial charge in [0.25, 0.3) is 5.69 Å². The van der Waals surface area contributed by atoms with Crippen LogP contribution in [0.15, 0.2) is 60.9 Å². The Bertz CT molecular complexity index is 1400. The molecule has 0 aliphatic carbocycles. The minimum Gasteiger partial charge on any atom is -0.223 e. The summed E-state index contributed by atoms with van der Waals surface area (Å²) in [5.41, 5.74) is 2.02. The van der Waals surface area contributed by atoms with Crippen molar-refractivity contribution in [2.45, 2.75) is 57.5 Å². The highest BCUT2D eigenvalue weighted by atomic mass is 19.1. The Morgan fingerprint density at radius 1 is 0.971 bits per heavy atom. The number of hydrogen-bond acceptors (Lipinski definition) is 3. The van der Waals surface area contributed by atoms with E-state index in [4.69, 9.17) is 0 Å². The predicted octanol–water partition coefficient (Wildman–Crippen LogP) is 4.27. The minimum absolute atomic E-state index is 0.413.